The lowest BCUT2D eigenvalue weighted by Crippen LogP contribution is -2.46. The monoisotopic (exact) mass is 369 g/mol. The summed E-state index contributed by atoms with van der Waals surface area (Å²) in [6, 6.07) is 12.9. The standard InChI is InChI=1S/C19H19N3O5/c1-13(20-19(24)27-12-14-5-3-2-4-6-14)18(23)21-10-9-15-7-8-16(22(25)26)11-17(15)21/h2-8,11,13H,9-10,12H2,1H3,(H,20,24)/t13-/m1/s1. The number of anilines is 1. The van der Waals surface area contributed by atoms with Crippen molar-refractivity contribution in [2.75, 3.05) is 11.4 Å². The molecule has 8 nitrogen and oxygen atoms in total. The van der Waals surface area contributed by atoms with Gasteiger partial charge in [-0.3, -0.25) is 14.9 Å². The van der Waals surface area contributed by atoms with Crippen LogP contribution in [0.2, 0.25) is 0 Å². The van der Waals surface area contributed by atoms with Gasteiger partial charge in [-0.15, -0.1) is 0 Å². The van der Waals surface area contributed by atoms with E-state index < -0.39 is 17.1 Å². The predicted octanol–water partition coefficient (Wildman–Crippen LogP) is 2.80. The number of rotatable bonds is 5. The summed E-state index contributed by atoms with van der Waals surface area (Å²) in [6.07, 6.45) is -0.0808. The molecule has 0 aliphatic carbocycles. The average Bonchev–Trinajstić information content (AvgIpc) is 3.09. The maximum Gasteiger partial charge on any atom is 0.408 e. The summed E-state index contributed by atoms with van der Waals surface area (Å²) in [5, 5.41) is 13.5. The van der Waals surface area contributed by atoms with Crippen molar-refractivity contribution in [3.63, 3.8) is 0 Å². The minimum atomic E-state index is -0.821. The van der Waals surface area contributed by atoms with Crippen molar-refractivity contribution in [2.24, 2.45) is 0 Å². The molecule has 1 aliphatic heterocycles. The van der Waals surface area contributed by atoms with E-state index in [0.717, 1.165) is 11.1 Å². The van der Waals surface area contributed by atoms with Crippen molar-refractivity contribution in [1.82, 2.24) is 5.32 Å². The number of alkyl carbamates (subject to hydrolysis) is 1. The van der Waals surface area contributed by atoms with Crippen molar-refractivity contribution in [3.05, 3.63) is 69.8 Å². The number of non-ortho nitro benzene ring substituents is 1. The van der Waals surface area contributed by atoms with Crippen LogP contribution in [0.5, 0.6) is 0 Å². The molecule has 3 rings (SSSR count). The molecule has 1 aliphatic rings. The van der Waals surface area contributed by atoms with E-state index >= 15 is 0 Å². The Morgan fingerprint density at radius 2 is 2.00 bits per heavy atom. The normalized spacial score (nSPS) is 13.6. The summed E-state index contributed by atoms with van der Waals surface area (Å²) in [5.41, 5.74) is 2.15. The number of nitrogens with one attached hydrogen (secondary N) is 1. The number of carbonyl (C=O) groups excluding carboxylic acids is 2. The van der Waals surface area contributed by atoms with Crippen molar-refractivity contribution in [3.8, 4) is 0 Å². The SMILES string of the molecule is C[C@@H](NC(=O)OCc1ccccc1)C(=O)N1CCc2ccc([N+](=O)[O-])cc21. The van der Waals surface area contributed by atoms with Gasteiger partial charge in [-0.05, 0) is 24.5 Å². The third kappa shape index (κ3) is 4.22. The predicted molar refractivity (Wildman–Crippen MR) is 98.4 cm³/mol. The van der Waals surface area contributed by atoms with E-state index in [2.05, 4.69) is 5.32 Å². The molecule has 0 bridgehead atoms. The molecule has 0 unspecified atom stereocenters. The number of hydrogen-bond donors (Lipinski definition) is 1. The van der Waals surface area contributed by atoms with E-state index in [0.29, 0.717) is 18.7 Å². The molecule has 0 saturated carbocycles. The number of benzene rings is 2. The molecule has 1 heterocycles. The van der Waals surface area contributed by atoms with Crippen LogP contribution in [0.3, 0.4) is 0 Å². The van der Waals surface area contributed by atoms with Crippen LogP contribution in [0.1, 0.15) is 18.1 Å². The molecule has 0 fully saturated rings. The fourth-order valence-corrected chi connectivity index (χ4v) is 2.95. The highest BCUT2D eigenvalue weighted by Crippen LogP contribution is 2.32. The van der Waals surface area contributed by atoms with Crippen molar-refractivity contribution >= 4 is 23.4 Å². The maximum absolute atomic E-state index is 12.7. The second-order valence-corrected chi connectivity index (χ2v) is 6.24. The first kappa shape index (κ1) is 18.4. The van der Waals surface area contributed by atoms with E-state index in [1.165, 1.54) is 17.0 Å². The van der Waals surface area contributed by atoms with Crippen LogP contribution in [-0.2, 0) is 22.6 Å². The first-order chi connectivity index (χ1) is 13.0. The number of ether oxygens (including phenoxy) is 1. The molecule has 0 saturated heterocycles. The summed E-state index contributed by atoms with van der Waals surface area (Å²) < 4.78 is 5.12. The molecule has 27 heavy (non-hydrogen) atoms. The average molecular weight is 369 g/mol. The van der Waals surface area contributed by atoms with Gasteiger partial charge in [-0.2, -0.15) is 0 Å². The molecule has 2 aromatic rings. The Morgan fingerprint density at radius 3 is 2.70 bits per heavy atom. The van der Waals surface area contributed by atoms with Gasteiger partial charge in [0, 0.05) is 18.7 Å². The number of amides is 2. The van der Waals surface area contributed by atoms with Crippen LogP contribution < -0.4 is 10.2 Å². The molecule has 1 atom stereocenters. The van der Waals surface area contributed by atoms with Crippen LogP contribution in [0.4, 0.5) is 16.2 Å². The highest BCUT2D eigenvalue weighted by atomic mass is 16.6. The van der Waals surface area contributed by atoms with Crippen LogP contribution in [0.15, 0.2) is 48.5 Å². The lowest BCUT2D eigenvalue weighted by Gasteiger charge is -2.22. The molecule has 2 aromatic carbocycles. The number of nitro benzene ring substituents is 1. The zero-order valence-electron chi connectivity index (χ0n) is 14.8. The molecule has 0 spiro atoms. The topological polar surface area (TPSA) is 102 Å². The Morgan fingerprint density at radius 1 is 1.26 bits per heavy atom. The van der Waals surface area contributed by atoms with Gasteiger partial charge in [0.25, 0.3) is 5.69 Å². The molecule has 8 heteroatoms. The van der Waals surface area contributed by atoms with Gasteiger partial charge >= 0.3 is 6.09 Å². The second kappa shape index (κ2) is 7.86. The fraction of sp³-hybridized carbons (Fsp3) is 0.263. The second-order valence-electron chi connectivity index (χ2n) is 6.24. The summed E-state index contributed by atoms with van der Waals surface area (Å²) in [4.78, 5) is 36.6. The molecule has 0 aromatic heterocycles. The first-order valence-corrected chi connectivity index (χ1v) is 8.51. The van der Waals surface area contributed by atoms with Crippen LogP contribution >= 0.6 is 0 Å². The highest BCUT2D eigenvalue weighted by molar-refractivity contribution is 6.00. The Balaban J connectivity index is 1.61. The minimum Gasteiger partial charge on any atom is -0.445 e. The Kier molecular flexibility index (Phi) is 5.35. The van der Waals surface area contributed by atoms with Gasteiger partial charge in [-0.25, -0.2) is 4.79 Å². The summed E-state index contributed by atoms with van der Waals surface area (Å²) in [5.74, 6) is -0.342. The highest BCUT2D eigenvalue weighted by Gasteiger charge is 2.30. The number of nitro groups is 1. The Labute approximate surface area is 155 Å². The Hall–Kier alpha value is -3.42. The van der Waals surface area contributed by atoms with E-state index in [1.54, 1.807) is 13.0 Å². The minimum absolute atomic E-state index is 0.0728. The Bertz CT molecular complexity index is 869. The number of hydrogen-bond acceptors (Lipinski definition) is 5. The fourth-order valence-electron chi connectivity index (χ4n) is 2.95. The number of fused-ring (bicyclic) bond motifs is 1. The van der Waals surface area contributed by atoms with Crippen LogP contribution in [-0.4, -0.2) is 29.5 Å². The van der Waals surface area contributed by atoms with Gasteiger partial charge < -0.3 is 15.0 Å². The van der Waals surface area contributed by atoms with E-state index in [9.17, 15) is 19.7 Å². The maximum atomic E-state index is 12.7. The summed E-state index contributed by atoms with van der Waals surface area (Å²) >= 11 is 0. The zero-order valence-corrected chi connectivity index (χ0v) is 14.8. The lowest BCUT2D eigenvalue weighted by molar-refractivity contribution is -0.384. The van der Waals surface area contributed by atoms with Gasteiger partial charge in [-0.1, -0.05) is 36.4 Å². The van der Waals surface area contributed by atoms with Crippen LogP contribution in [0.25, 0.3) is 0 Å². The zero-order chi connectivity index (χ0) is 19.4. The number of carbonyl (C=O) groups is 2. The van der Waals surface area contributed by atoms with Gasteiger partial charge in [0.1, 0.15) is 12.6 Å². The quantitative estimate of drug-likeness (QED) is 0.645. The third-order valence-electron chi connectivity index (χ3n) is 4.36. The van der Waals surface area contributed by atoms with Gasteiger partial charge in [0.2, 0.25) is 5.91 Å². The van der Waals surface area contributed by atoms with Gasteiger partial charge in [0.15, 0.2) is 0 Å². The van der Waals surface area contributed by atoms with Crippen molar-refractivity contribution < 1.29 is 19.2 Å². The number of nitrogens with zero attached hydrogens (tertiary/aromatic N) is 2. The smallest absolute Gasteiger partial charge is 0.408 e. The first-order valence-electron chi connectivity index (χ1n) is 8.51. The lowest BCUT2D eigenvalue weighted by atomic mass is 10.1. The van der Waals surface area contributed by atoms with E-state index in [1.807, 2.05) is 30.3 Å². The summed E-state index contributed by atoms with van der Waals surface area (Å²) in [7, 11) is 0. The molecular formula is C19H19N3O5. The molecular weight excluding hydrogens is 350 g/mol. The van der Waals surface area contributed by atoms with Gasteiger partial charge in [0.05, 0.1) is 10.6 Å². The summed E-state index contributed by atoms with van der Waals surface area (Å²) in [6.45, 7) is 2.08. The van der Waals surface area contributed by atoms with Crippen molar-refractivity contribution in [2.45, 2.75) is 26.0 Å². The van der Waals surface area contributed by atoms with E-state index in [-0.39, 0.29) is 18.2 Å². The third-order valence-corrected chi connectivity index (χ3v) is 4.36. The molecule has 2 amide bonds. The molecule has 140 valence electrons. The van der Waals surface area contributed by atoms with E-state index in [4.69, 9.17) is 4.74 Å². The van der Waals surface area contributed by atoms with Crippen molar-refractivity contribution in [1.29, 1.82) is 0 Å². The molecule has 0 radical (unpaired) electrons. The van der Waals surface area contributed by atoms with Crippen LogP contribution in [0, 0.1) is 10.1 Å². The largest absolute Gasteiger partial charge is 0.445 e. The molecule has 1 N–H and O–H groups in total.